The summed E-state index contributed by atoms with van der Waals surface area (Å²) in [5.41, 5.74) is 0. The molecule has 0 unspecified atom stereocenters. The van der Waals surface area contributed by atoms with Gasteiger partial charge in [0, 0.05) is 25.4 Å². The van der Waals surface area contributed by atoms with E-state index >= 15 is 0 Å². The number of aliphatic carboxylic acids is 1. The summed E-state index contributed by atoms with van der Waals surface area (Å²) in [6.45, 7) is 0.886. The van der Waals surface area contributed by atoms with Crippen molar-refractivity contribution in [2.75, 3.05) is 13.1 Å². The number of halogens is 3. The van der Waals surface area contributed by atoms with Gasteiger partial charge in [-0.15, -0.1) is 0 Å². The van der Waals surface area contributed by atoms with E-state index in [-0.39, 0.29) is 24.7 Å². The van der Waals surface area contributed by atoms with E-state index in [2.05, 4.69) is 0 Å². The molecule has 132 valence electrons. The third-order valence-electron chi connectivity index (χ3n) is 5.10. The van der Waals surface area contributed by atoms with Gasteiger partial charge in [-0.2, -0.15) is 13.2 Å². The Morgan fingerprint density at radius 2 is 1.78 bits per heavy atom. The zero-order valence-corrected chi connectivity index (χ0v) is 13.1. The first-order chi connectivity index (χ1) is 10.8. The Bertz CT molecular complexity index is 439. The van der Waals surface area contributed by atoms with E-state index < -0.39 is 24.0 Å². The largest absolute Gasteiger partial charge is 0.481 e. The number of nitrogens with zero attached hydrogens (tertiary/aromatic N) is 1. The van der Waals surface area contributed by atoms with Crippen LogP contribution in [0.5, 0.6) is 0 Å². The van der Waals surface area contributed by atoms with Gasteiger partial charge < -0.3 is 10.0 Å². The van der Waals surface area contributed by atoms with Crippen LogP contribution >= 0.6 is 0 Å². The average molecular weight is 335 g/mol. The lowest BCUT2D eigenvalue weighted by Gasteiger charge is -2.39. The Morgan fingerprint density at radius 3 is 2.43 bits per heavy atom. The minimum Gasteiger partial charge on any atom is -0.481 e. The van der Waals surface area contributed by atoms with Crippen LogP contribution in [0.25, 0.3) is 0 Å². The first kappa shape index (κ1) is 18.1. The zero-order valence-electron chi connectivity index (χ0n) is 13.1. The molecule has 0 spiro atoms. The predicted molar refractivity (Wildman–Crippen MR) is 77.7 cm³/mol. The first-order valence-corrected chi connectivity index (χ1v) is 8.36. The molecule has 0 aromatic heterocycles. The van der Waals surface area contributed by atoms with Crippen molar-refractivity contribution >= 4 is 11.9 Å². The van der Waals surface area contributed by atoms with Crippen LogP contribution in [0.15, 0.2) is 0 Å². The van der Waals surface area contributed by atoms with Crippen LogP contribution in [0.3, 0.4) is 0 Å². The molecule has 0 bridgehead atoms. The molecule has 0 aromatic carbocycles. The molecule has 1 amide bonds. The van der Waals surface area contributed by atoms with Crippen molar-refractivity contribution in [1.29, 1.82) is 0 Å². The Balaban J connectivity index is 1.98. The summed E-state index contributed by atoms with van der Waals surface area (Å²) >= 11 is 0. The fraction of sp³-hybridized carbons (Fsp3) is 0.875. The van der Waals surface area contributed by atoms with E-state index in [1.807, 2.05) is 0 Å². The number of carbonyl (C=O) groups is 2. The molecule has 1 heterocycles. The van der Waals surface area contributed by atoms with E-state index in [4.69, 9.17) is 5.11 Å². The van der Waals surface area contributed by atoms with Crippen molar-refractivity contribution in [3.8, 4) is 0 Å². The lowest BCUT2D eigenvalue weighted by Crippen LogP contribution is -2.48. The number of hydrogen-bond acceptors (Lipinski definition) is 2. The summed E-state index contributed by atoms with van der Waals surface area (Å²) in [6.07, 6.45) is -0.694. The molecular formula is C16H24F3NO3. The fourth-order valence-electron chi connectivity index (χ4n) is 3.88. The quantitative estimate of drug-likeness (QED) is 0.856. The molecule has 7 heteroatoms. The van der Waals surface area contributed by atoms with Gasteiger partial charge in [0.15, 0.2) is 0 Å². The highest BCUT2D eigenvalue weighted by Crippen LogP contribution is 2.42. The van der Waals surface area contributed by atoms with Gasteiger partial charge in [-0.25, -0.2) is 0 Å². The highest BCUT2D eigenvalue weighted by atomic mass is 19.4. The monoisotopic (exact) mass is 335 g/mol. The molecule has 2 rings (SSSR count). The van der Waals surface area contributed by atoms with Crippen LogP contribution in [0.1, 0.15) is 51.4 Å². The van der Waals surface area contributed by atoms with Crippen molar-refractivity contribution in [2.24, 2.45) is 17.8 Å². The molecule has 2 fully saturated rings. The number of rotatable bonds is 4. The van der Waals surface area contributed by atoms with Crippen LogP contribution in [-0.4, -0.2) is 41.1 Å². The second-order valence-corrected chi connectivity index (χ2v) is 6.76. The predicted octanol–water partition coefficient (Wildman–Crippen LogP) is 3.46. The number of likely N-dealkylation sites (tertiary alicyclic amines) is 1. The molecule has 0 radical (unpaired) electrons. The van der Waals surface area contributed by atoms with Crippen LogP contribution in [0.2, 0.25) is 0 Å². The van der Waals surface area contributed by atoms with E-state index in [9.17, 15) is 22.8 Å². The molecule has 3 atom stereocenters. The molecule has 1 aliphatic heterocycles. The van der Waals surface area contributed by atoms with Crippen LogP contribution < -0.4 is 0 Å². The third-order valence-corrected chi connectivity index (χ3v) is 5.10. The van der Waals surface area contributed by atoms with Gasteiger partial charge >= 0.3 is 12.1 Å². The summed E-state index contributed by atoms with van der Waals surface area (Å²) < 4.78 is 39.5. The second-order valence-electron chi connectivity index (χ2n) is 6.76. The van der Waals surface area contributed by atoms with Gasteiger partial charge in [0.05, 0.1) is 5.92 Å². The molecule has 1 aliphatic carbocycles. The first-order valence-electron chi connectivity index (χ1n) is 8.36. The van der Waals surface area contributed by atoms with E-state index in [1.165, 1.54) is 0 Å². The van der Waals surface area contributed by atoms with E-state index in [1.54, 1.807) is 4.90 Å². The normalized spacial score (nSPS) is 29.3. The Labute approximate surface area is 134 Å². The van der Waals surface area contributed by atoms with Crippen LogP contribution in [0, 0.1) is 17.8 Å². The Hall–Kier alpha value is -1.27. The van der Waals surface area contributed by atoms with Crippen LogP contribution in [-0.2, 0) is 9.59 Å². The highest BCUT2D eigenvalue weighted by molar-refractivity contribution is 5.79. The molecule has 23 heavy (non-hydrogen) atoms. The lowest BCUT2D eigenvalue weighted by molar-refractivity contribution is -0.201. The minimum absolute atomic E-state index is 0.0379. The van der Waals surface area contributed by atoms with Crippen LogP contribution in [0.4, 0.5) is 13.2 Å². The van der Waals surface area contributed by atoms with Crippen molar-refractivity contribution in [2.45, 2.75) is 57.5 Å². The van der Waals surface area contributed by atoms with Gasteiger partial charge in [-0.05, 0) is 38.0 Å². The number of piperidine rings is 1. The van der Waals surface area contributed by atoms with Gasteiger partial charge in [0.2, 0.25) is 5.91 Å². The number of carboxylic acid groups (broad SMARTS) is 1. The summed E-state index contributed by atoms with van der Waals surface area (Å²) in [4.78, 5) is 24.8. The molecular weight excluding hydrogens is 311 g/mol. The maximum absolute atomic E-state index is 13.2. The maximum atomic E-state index is 13.2. The van der Waals surface area contributed by atoms with Crippen molar-refractivity contribution in [3.05, 3.63) is 0 Å². The average Bonchev–Trinajstić information content (AvgIpc) is 2.51. The van der Waals surface area contributed by atoms with Crippen molar-refractivity contribution in [1.82, 2.24) is 4.90 Å². The Morgan fingerprint density at radius 1 is 1.09 bits per heavy atom. The molecule has 4 nitrogen and oxygen atoms in total. The summed E-state index contributed by atoms with van der Waals surface area (Å²) in [5.74, 6) is -3.66. The van der Waals surface area contributed by atoms with E-state index in [0.29, 0.717) is 38.8 Å². The van der Waals surface area contributed by atoms with Crippen molar-refractivity contribution < 1.29 is 27.9 Å². The standard InChI is InChI=1S/C16H24F3NO3/c17-16(18,19)13-6-2-1-5-12(13)15(23)20-9-3-4-11(10-20)7-8-14(21)22/h11-13H,1-10H2,(H,21,22)/t11-,12-,13+/m0/s1. The minimum atomic E-state index is -4.32. The topological polar surface area (TPSA) is 57.6 Å². The summed E-state index contributed by atoms with van der Waals surface area (Å²) in [6, 6.07) is 0. The molecule has 1 saturated carbocycles. The zero-order chi connectivity index (χ0) is 17.0. The second kappa shape index (κ2) is 7.53. The number of carboxylic acids is 1. The molecule has 1 N–H and O–H groups in total. The van der Waals surface area contributed by atoms with E-state index in [0.717, 1.165) is 12.8 Å². The summed E-state index contributed by atoms with van der Waals surface area (Å²) in [7, 11) is 0. The number of amides is 1. The van der Waals surface area contributed by atoms with Gasteiger partial charge in [-0.1, -0.05) is 12.8 Å². The number of hydrogen-bond donors (Lipinski definition) is 1. The smallest absolute Gasteiger partial charge is 0.392 e. The maximum Gasteiger partial charge on any atom is 0.392 e. The fourth-order valence-corrected chi connectivity index (χ4v) is 3.88. The van der Waals surface area contributed by atoms with Gasteiger partial charge in [-0.3, -0.25) is 9.59 Å². The third kappa shape index (κ3) is 4.85. The summed E-state index contributed by atoms with van der Waals surface area (Å²) in [5, 5.41) is 8.74. The molecule has 2 aliphatic rings. The lowest BCUT2D eigenvalue weighted by atomic mass is 9.77. The highest BCUT2D eigenvalue weighted by Gasteiger charge is 2.49. The number of alkyl halides is 3. The Kier molecular flexibility index (Phi) is 5.92. The molecule has 1 saturated heterocycles. The number of carbonyl (C=O) groups excluding carboxylic acids is 1. The SMILES string of the molecule is O=C(O)CC[C@@H]1CCCN(C(=O)[C@H]2CCCC[C@H]2C(F)(F)F)C1. The molecule has 0 aromatic rings. The van der Waals surface area contributed by atoms with Crippen molar-refractivity contribution in [3.63, 3.8) is 0 Å². The van der Waals surface area contributed by atoms with Gasteiger partial charge in [0.1, 0.15) is 0 Å². The van der Waals surface area contributed by atoms with Gasteiger partial charge in [0.25, 0.3) is 0 Å².